The van der Waals surface area contributed by atoms with E-state index in [-0.39, 0.29) is 0 Å². The zero-order chi connectivity index (χ0) is 4.50. The monoisotopic (exact) mass is 94.0 g/mol. The molecule has 0 spiro atoms. The summed E-state index contributed by atoms with van der Waals surface area (Å²) in [5.74, 6) is 0. The van der Waals surface area contributed by atoms with Crippen LogP contribution in [0.25, 0.3) is 0 Å². The summed E-state index contributed by atoms with van der Waals surface area (Å²) in [5, 5.41) is 5.38. The van der Waals surface area contributed by atoms with Crippen molar-refractivity contribution in [3.63, 3.8) is 0 Å². The molecule has 0 saturated carbocycles. The third kappa shape index (κ3) is 1510. The first-order valence-corrected chi connectivity index (χ1v) is 2.31. The predicted molar refractivity (Wildman–Crippen MR) is 9.64 cm³/mol. The molecule has 0 aromatic heterocycles. The van der Waals surface area contributed by atoms with Gasteiger partial charge in [0.05, 0.1) is 0 Å². The minimum Gasteiger partial charge on any atom is -0.839 e. The first-order valence-electron chi connectivity index (χ1n) is 0.771. The second kappa shape index (κ2) is 1.06. The molecule has 0 aliphatic rings. The van der Waals surface area contributed by atoms with E-state index in [1.54, 1.807) is 0 Å². The van der Waals surface area contributed by atoms with Crippen molar-refractivity contribution in [3.8, 4) is 0 Å². The van der Waals surface area contributed by atoms with E-state index in [0.717, 1.165) is 0 Å². The van der Waals surface area contributed by atoms with Gasteiger partial charge in [0.2, 0.25) is 0 Å². The van der Waals surface area contributed by atoms with Crippen LogP contribution < -0.4 is 14.7 Å². The molecule has 0 fully saturated rings. The molecule has 0 aromatic rings. The number of hydrogen-bond donors (Lipinski definition) is 1. The zero-order valence-electron chi connectivity index (χ0n) is 2.17. The molecule has 0 bridgehead atoms. The van der Waals surface area contributed by atoms with Gasteiger partial charge >= 0.3 is 0 Å². The third-order valence-electron chi connectivity index (χ3n) is 0. The van der Waals surface area contributed by atoms with Crippen LogP contribution in [0.4, 0.5) is 0 Å². The Hall–Kier alpha value is 0.110. The summed E-state index contributed by atoms with van der Waals surface area (Å²) in [5.41, 5.74) is 0. The van der Waals surface area contributed by atoms with Gasteiger partial charge in [0.1, 0.15) is 0 Å². The van der Waals surface area contributed by atoms with Crippen LogP contribution in [-0.4, -0.2) is 0 Å². The molecule has 5 heteroatoms. The molecule has 5 heavy (non-hydrogen) atoms. The molecule has 0 radical (unpaired) electrons. The SMILES string of the molecule is N=P([O-])([O-])[O-]. The van der Waals surface area contributed by atoms with Gasteiger partial charge in [-0.1, -0.05) is 0 Å². The van der Waals surface area contributed by atoms with Crippen molar-refractivity contribution < 1.29 is 14.7 Å². The van der Waals surface area contributed by atoms with E-state index in [2.05, 4.69) is 0 Å². The Morgan fingerprint density at radius 3 is 1.20 bits per heavy atom. The van der Waals surface area contributed by atoms with Crippen LogP contribution in [-0.2, 0) is 0 Å². The van der Waals surface area contributed by atoms with Crippen molar-refractivity contribution in [2.45, 2.75) is 0 Å². The maximum Gasteiger partial charge on any atom is -0.298 e. The maximum atomic E-state index is 8.77. The summed E-state index contributed by atoms with van der Waals surface area (Å²) in [7, 11) is -4.89. The Morgan fingerprint density at radius 1 is 1.20 bits per heavy atom. The van der Waals surface area contributed by atoms with Crippen molar-refractivity contribution in [1.29, 1.82) is 5.16 Å². The first-order chi connectivity index (χ1) is 2.00. The van der Waals surface area contributed by atoms with Crippen molar-refractivity contribution in [2.75, 3.05) is 0 Å². The molecule has 0 aliphatic heterocycles. The molecular weight excluding hydrogens is 93.0 g/mol. The summed E-state index contributed by atoms with van der Waals surface area (Å²) >= 11 is 0. The Bertz CT molecular complexity index is 53.0. The van der Waals surface area contributed by atoms with Crippen LogP contribution in [0.3, 0.4) is 0 Å². The van der Waals surface area contributed by atoms with E-state index in [9.17, 15) is 0 Å². The first kappa shape index (κ1) is 5.11. The van der Waals surface area contributed by atoms with Gasteiger partial charge in [-0.25, -0.2) is 0 Å². The summed E-state index contributed by atoms with van der Waals surface area (Å²) in [6, 6.07) is 0. The van der Waals surface area contributed by atoms with E-state index in [1.807, 2.05) is 0 Å². The highest BCUT2D eigenvalue weighted by atomic mass is 31.2. The molecule has 0 aliphatic carbocycles. The van der Waals surface area contributed by atoms with Crippen LogP contribution in [0.5, 0.6) is 0 Å². The Balaban J connectivity index is 3.47. The maximum absolute atomic E-state index is 8.77. The van der Waals surface area contributed by atoms with Gasteiger partial charge < -0.3 is 19.8 Å². The van der Waals surface area contributed by atoms with Crippen molar-refractivity contribution in [1.82, 2.24) is 0 Å². The molecule has 0 rings (SSSR count). The summed E-state index contributed by atoms with van der Waals surface area (Å²) in [6.07, 6.45) is 0. The van der Waals surface area contributed by atoms with Gasteiger partial charge in [0.25, 0.3) is 0 Å². The third-order valence-corrected chi connectivity index (χ3v) is 0. The molecule has 1 N–H and O–H groups in total. The highest BCUT2D eigenvalue weighted by Crippen LogP contribution is 2.05. The lowest BCUT2D eigenvalue weighted by Gasteiger charge is -2.43. The van der Waals surface area contributed by atoms with Gasteiger partial charge in [-0.05, 0) is 0 Å². The summed E-state index contributed by atoms with van der Waals surface area (Å²) < 4.78 is 0. The van der Waals surface area contributed by atoms with Crippen LogP contribution in [0.15, 0.2) is 0 Å². The lowest BCUT2D eigenvalue weighted by Crippen LogP contribution is -2.23. The van der Waals surface area contributed by atoms with Crippen molar-refractivity contribution >= 4 is 7.74 Å². The van der Waals surface area contributed by atoms with E-state index >= 15 is 0 Å². The van der Waals surface area contributed by atoms with E-state index < -0.39 is 7.74 Å². The van der Waals surface area contributed by atoms with Gasteiger partial charge in [0.15, 0.2) is 0 Å². The minimum atomic E-state index is -4.89. The minimum absolute atomic E-state index is 4.89. The molecule has 0 heterocycles. The second-order valence-electron chi connectivity index (χ2n) is 0.497. The lowest BCUT2D eigenvalue weighted by atomic mass is 14.0. The van der Waals surface area contributed by atoms with E-state index in [4.69, 9.17) is 19.8 Å². The van der Waals surface area contributed by atoms with E-state index in [0.29, 0.717) is 0 Å². The van der Waals surface area contributed by atoms with Gasteiger partial charge in [-0.3, -0.25) is 7.74 Å². The average molecular weight is 94.0 g/mol. The number of hydrogen-bond acceptors (Lipinski definition) is 4. The molecule has 0 amide bonds. The number of rotatable bonds is 0. The summed E-state index contributed by atoms with van der Waals surface area (Å²) in [4.78, 5) is 26.3. The van der Waals surface area contributed by atoms with Crippen LogP contribution in [0.2, 0.25) is 0 Å². The smallest absolute Gasteiger partial charge is 0.298 e. The normalized spacial score (nSPS) is 11.8. The average Bonchev–Trinajstić information content (AvgIpc) is 0.722. The van der Waals surface area contributed by atoms with E-state index in [1.165, 1.54) is 0 Å². The summed E-state index contributed by atoms with van der Waals surface area (Å²) in [6.45, 7) is 0. The Morgan fingerprint density at radius 2 is 1.20 bits per heavy atom. The predicted octanol–water partition coefficient (Wildman–Crippen LogP) is -2.41. The Kier molecular flexibility index (Phi) is 1.09. The fraction of sp³-hybridized carbons (Fsp3) is 0. The van der Waals surface area contributed by atoms with Gasteiger partial charge in [-0.15, -0.1) is 0 Å². The van der Waals surface area contributed by atoms with Gasteiger partial charge in [-0.2, -0.15) is 0 Å². The van der Waals surface area contributed by atoms with Crippen molar-refractivity contribution in [2.24, 2.45) is 0 Å². The quantitative estimate of drug-likeness (QED) is 0.339. The van der Waals surface area contributed by atoms with Crippen LogP contribution in [0, 0.1) is 5.16 Å². The molecule has 0 aromatic carbocycles. The van der Waals surface area contributed by atoms with Crippen molar-refractivity contribution in [3.05, 3.63) is 0 Å². The fourth-order valence-electron chi connectivity index (χ4n) is 0. The molecule has 0 saturated heterocycles. The Labute approximate surface area is 28.8 Å². The van der Waals surface area contributed by atoms with Crippen LogP contribution >= 0.6 is 7.74 Å². The fourth-order valence-corrected chi connectivity index (χ4v) is 0. The molecule has 4 nitrogen and oxygen atoms in total. The number of nitrogens with one attached hydrogen (secondary N) is 1. The second-order valence-corrected chi connectivity index (χ2v) is 1.49. The highest BCUT2D eigenvalue weighted by Gasteiger charge is 1.36. The van der Waals surface area contributed by atoms with Gasteiger partial charge in [0, 0.05) is 0 Å². The molecule has 0 unspecified atom stereocenters. The molecular formula is HNO3P-3. The standard InChI is InChI=1S/HNO3P/c1-5(2,3)4/h(H-3,1,2,3,4)/q-3. The van der Waals surface area contributed by atoms with Crippen LogP contribution in [0.1, 0.15) is 0 Å². The zero-order valence-corrected chi connectivity index (χ0v) is 3.07. The molecule has 0 atom stereocenters. The topological polar surface area (TPSA) is 93.0 Å². The largest absolute Gasteiger partial charge is 0.839 e. The molecule has 32 valence electrons. The lowest BCUT2D eigenvalue weighted by molar-refractivity contribution is -0.420. The highest BCUT2D eigenvalue weighted by molar-refractivity contribution is 7.41.